The van der Waals surface area contributed by atoms with Crippen LogP contribution in [0.25, 0.3) is 0 Å². The van der Waals surface area contributed by atoms with E-state index < -0.39 is 23.4 Å². The van der Waals surface area contributed by atoms with Crippen molar-refractivity contribution in [2.45, 2.75) is 51.4 Å². The molecule has 1 aromatic carbocycles. The molecule has 0 aliphatic carbocycles. The van der Waals surface area contributed by atoms with Crippen LogP contribution in [0.3, 0.4) is 0 Å². The maximum atomic E-state index is 14.4. The van der Waals surface area contributed by atoms with Gasteiger partial charge in [0.05, 0.1) is 30.6 Å². The van der Waals surface area contributed by atoms with Crippen LogP contribution in [0.2, 0.25) is 0 Å². The molecule has 1 saturated heterocycles. The molecule has 0 unspecified atom stereocenters. The Kier molecular flexibility index (Phi) is 8.46. The summed E-state index contributed by atoms with van der Waals surface area (Å²) < 4.78 is 25.5. The highest BCUT2D eigenvalue weighted by Gasteiger charge is 2.34. The van der Waals surface area contributed by atoms with Crippen molar-refractivity contribution in [3.63, 3.8) is 0 Å². The van der Waals surface area contributed by atoms with Gasteiger partial charge in [-0.25, -0.2) is 9.18 Å². The number of amides is 1. The number of rotatable bonds is 10. The minimum atomic E-state index is -1.11. The monoisotopic (exact) mass is 440 g/mol. The van der Waals surface area contributed by atoms with Gasteiger partial charge in [-0.1, -0.05) is 6.07 Å². The minimum Gasteiger partial charge on any atom is -0.480 e. The zero-order chi connectivity index (χ0) is 23.2. The number of carbonyl (C=O) groups is 2. The van der Waals surface area contributed by atoms with Crippen LogP contribution in [0.4, 0.5) is 20.6 Å². The molecule has 31 heavy (non-hydrogen) atoms. The first-order chi connectivity index (χ1) is 14.5. The lowest BCUT2D eigenvalue weighted by Gasteiger charge is -2.39. The average Bonchev–Trinajstić information content (AvgIpc) is 2.61. The molecule has 1 fully saturated rings. The smallest absolute Gasteiger partial charge is 0.410 e. The number of anilines is 2. The van der Waals surface area contributed by atoms with Crippen LogP contribution < -0.4 is 16.4 Å². The Morgan fingerprint density at radius 2 is 2.00 bits per heavy atom. The maximum absolute atomic E-state index is 14.4. The molecule has 0 aromatic heterocycles. The summed E-state index contributed by atoms with van der Waals surface area (Å²) in [6.07, 6.45) is 0.291. The Balaban J connectivity index is 1.82. The maximum Gasteiger partial charge on any atom is 0.410 e. The predicted molar refractivity (Wildman–Crippen MR) is 115 cm³/mol. The van der Waals surface area contributed by atoms with Gasteiger partial charge < -0.3 is 35.8 Å². The molecule has 1 amide bonds. The number of ether oxygens (including phenoxy) is 2. The molecule has 0 spiro atoms. The molecule has 5 N–H and O–H groups in total. The Morgan fingerprint density at radius 1 is 1.32 bits per heavy atom. The second-order valence-corrected chi connectivity index (χ2v) is 8.63. The van der Waals surface area contributed by atoms with E-state index in [9.17, 15) is 14.0 Å². The lowest BCUT2D eigenvalue weighted by molar-refractivity contribution is -0.138. The first-order valence-corrected chi connectivity index (χ1v) is 10.3. The van der Waals surface area contributed by atoms with Gasteiger partial charge in [-0.2, -0.15) is 0 Å². The second kappa shape index (κ2) is 10.6. The highest BCUT2D eigenvalue weighted by Crippen LogP contribution is 2.27. The number of halogens is 1. The van der Waals surface area contributed by atoms with E-state index in [0.717, 1.165) is 0 Å². The number of hydrogen-bond acceptors (Lipinski definition) is 7. The zero-order valence-electron chi connectivity index (χ0n) is 18.3. The lowest BCUT2D eigenvalue weighted by atomic mass is 10.1. The number of aliphatic carboxylic acids is 1. The van der Waals surface area contributed by atoms with E-state index in [1.54, 1.807) is 15.9 Å². The Hall–Kier alpha value is -2.59. The van der Waals surface area contributed by atoms with Gasteiger partial charge in [-0.05, 0) is 45.7 Å². The van der Waals surface area contributed by atoms with Crippen LogP contribution in [0, 0.1) is 5.82 Å². The third-order valence-electron chi connectivity index (χ3n) is 4.79. The van der Waals surface area contributed by atoms with Gasteiger partial charge in [0, 0.05) is 19.7 Å². The van der Waals surface area contributed by atoms with Gasteiger partial charge >= 0.3 is 12.1 Å². The van der Waals surface area contributed by atoms with Crippen LogP contribution in [0.5, 0.6) is 0 Å². The van der Waals surface area contributed by atoms with Gasteiger partial charge in [0.1, 0.15) is 17.5 Å². The lowest BCUT2D eigenvalue weighted by Crippen LogP contribution is -2.56. The van der Waals surface area contributed by atoms with Gasteiger partial charge in [0.2, 0.25) is 0 Å². The summed E-state index contributed by atoms with van der Waals surface area (Å²) in [7, 11) is 0. The highest BCUT2D eigenvalue weighted by molar-refractivity contribution is 5.73. The summed E-state index contributed by atoms with van der Waals surface area (Å²) in [6, 6.07) is 3.39. The minimum absolute atomic E-state index is 0.0695. The van der Waals surface area contributed by atoms with Gasteiger partial charge in [-0.15, -0.1) is 0 Å². The van der Waals surface area contributed by atoms with E-state index in [2.05, 4.69) is 0 Å². The molecule has 0 bridgehead atoms. The summed E-state index contributed by atoms with van der Waals surface area (Å²) in [5, 5.41) is 9.01. The SMILES string of the molecule is CC(C)(C)OC(=O)N1CC(OCCCN(CC[C@H](N)C(=O)O)c2c(N)cccc2F)C1. The van der Waals surface area contributed by atoms with E-state index in [4.69, 9.17) is 26.0 Å². The molecule has 174 valence electrons. The van der Waals surface area contributed by atoms with Crippen molar-refractivity contribution in [3.05, 3.63) is 24.0 Å². The molecule has 9 nitrogen and oxygen atoms in total. The molecule has 0 radical (unpaired) electrons. The molecule has 1 aromatic rings. The fourth-order valence-corrected chi connectivity index (χ4v) is 3.14. The fraction of sp³-hybridized carbons (Fsp3) is 0.619. The van der Waals surface area contributed by atoms with Crippen molar-refractivity contribution in [2.24, 2.45) is 5.73 Å². The molecular weight excluding hydrogens is 407 g/mol. The van der Waals surface area contributed by atoms with E-state index >= 15 is 0 Å². The summed E-state index contributed by atoms with van der Waals surface area (Å²) in [5.74, 6) is -1.58. The number of likely N-dealkylation sites (tertiary alicyclic amines) is 1. The first kappa shape index (κ1) is 24.7. The summed E-state index contributed by atoms with van der Waals surface area (Å²) in [6.45, 7) is 7.44. The number of carbonyl (C=O) groups excluding carboxylic acids is 1. The van der Waals surface area contributed by atoms with Gasteiger partial charge in [0.25, 0.3) is 0 Å². The summed E-state index contributed by atoms with van der Waals surface area (Å²) in [4.78, 5) is 26.2. The number of carboxylic acids is 1. The van der Waals surface area contributed by atoms with Crippen LogP contribution in [0.1, 0.15) is 33.6 Å². The van der Waals surface area contributed by atoms with Crippen LogP contribution in [0.15, 0.2) is 18.2 Å². The number of carboxylic acid groups (broad SMARTS) is 1. The van der Waals surface area contributed by atoms with Crippen molar-refractivity contribution < 1.29 is 28.6 Å². The standard InChI is InChI=1S/C21H33FN4O5/c1-21(2,3)31-20(29)26-12-14(13-26)30-11-5-9-25(10-8-17(24)19(27)28)18-15(22)6-4-7-16(18)23/h4,6-7,14,17H,5,8-13,23-24H2,1-3H3,(H,27,28)/t17-/m0/s1. The van der Waals surface area contributed by atoms with Crippen molar-refractivity contribution in [3.8, 4) is 0 Å². The number of benzene rings is 1. The molecule has 1 aliphatic heterocycles. The number of para-hydroxylation sites is 1. The number of nitrogens with zero attached hydrogens (tertiary/aromatic N) is 2. The Bertz CT molecular complexity index is 744. The Labute approximate surface area is 182 Å². The quantitative estimate of drug-likeness (QED) is 0.372. The van der Waals surface area contributed by atoms with Gasteiger partial charge in [0.15, 0.2) is 0 Å². The zero-order valence-corrected chi connectivity index (χ0v) is 18.3. The fourth-order valence-electron chi connectivity index (χ4n) is 3.14. The van der Waals surface area contributed by atoms with Crippen molar-refractivity contribution in [1.29, 1.82) is 0 Å². The Morgan fingerprint density at radius 3 is 2.58 bits per heavy atom. The van der Waals surface area contributed by atoms with E-state index in [1.165, 1.54) is 12.1 Å². The molecular formula is C21H33FN4O5. The number of hydrogen-bond donors (Lipinski definition) is 3. The number of nitrogens with two attached hydrogens (primary N) is 2. The summed E-state index contributed by atoms with van der Waals surface area (Å²) >= 11 is 0. The van der Waals surface area contributed by atoms with Crippen LogP contribution >= 0.6 is 0 Å². The molecule has 10 heteroatoms. The normalized spacial score (nSPS) is 15.3. The highest BCUT2D eigenvalue weighted by atomic mass is 19.1. The van der Waals surface area contributed by atoms with E-state index in [0.29, 0.717) is 32.7 Å². The molecule has 1 atom stereocenters. The third-order valence-corrected chi connectivity index (χ3v) is 4.79. The first-order valence-electron chi connectivity index (χ1n) is 10.3. The summed E-state index contributed by atoms with van der Waals surface area (Å²) in [5.41, 5.74) is 11.5. The van der Waals surface area contributed by atoms with Crippen molar-refractivity contribution in [2.75, 3.05) is 43.4 Å². The van der Waals surface area contributed by atoms with Gasteiger partial charge in [-0.3, -0.25) is 4.79 Å². The predicted octanol–water partition coefficient (Wildman–Crippen LogP) is 2.04. The number of nitrogen functional groups attached to an aromatic ring is 1. The van der Waals surface area contributed by atoms with E-state index in [-0.39, 0.29) is 36.5 Å². The molecule has 0 saturated carbocycles. The van der Waals surface area contributed by atoms with E-state index in [1.807, 2.05) is 20.8 Å². The third kappa shape index (κ3) is 7.55. The second-order valence-electron chi connectivity index (χ2n) is 8.63. The molecule has 1 aliphatic rings. The largest absolute Gasteiger partial charge is 0.480 e. The van der Waals surface area contributed by atoms with Crippen molar-refractivity contribution in [1.82, 2.24) is 4.90 Å². The topological polar surface area (TPSA) is 131 Å². The van der Waals surface area contributed by atoms with Crippen molar-refractivity contribution >= 4 is 23.4 Å². The average molecular weight is 441 g/mol. The van der Waals surface area contributed by atoms with Crippen LogP contribution in [-0.2, 0) is 14.3 Å². The molecule has 2 rings (SSSR count). The molecule has 1 heterocycles. The van der Waals surface area contributed by atoms with Crippen LogP contribution in [-0.4, -0.2) is 72.6 Å².